The zero-order chi connectivity index (χ0) is 22.8. The normalized spacial score (nSPS) is 10.8. The first kappa shape index (κ1) is 24.1. The second kappa shape index (κ2) is 11.9. The molecule has 0 aliphatic rings. The van der Waals surface area contributed by atoms with Crippen LogP contribution >= 0.6 is 15.9 Å². The Hall–Kier alpha value is -3.18. The molecule has 31 heavy (non-hydrogen) atoms. The summed E-state index contributed by atoms with van der Waals surface area (Å²) in [4.78, 5) is 12.6. The van der Waals surface area contributed by atoms with Gasteiger partial charge in [0, 0.05) is 22.6 Å². The first-order valence-corrected chi connectivity index (χ1v) is 10.5. The van der Waals surface area contributed by atoms with Gasteiger partial charge in [0.1, 0.15) is 23.1 Å². The maximum atomic E-state index is 12.6. The number of halogens is 1. The summed E-state index contributed by atoms with van der Waals surface area (Å²) >= 11 is 3.47. The Labute approximate surface area is 190 Å². The molecule has 2 rings (SSSR count). The number of nitrogens with one attached hydrogen (secondary N) is 1. The van der Waals surface area contributed by atoms with Crippen LogP contribution in [0, 0.1) is 11.3 Å². The number of benzene rings is 2. The van der Waals surface area contributed by atoms with Crippen LogP contribution in [0.3, 0.4) is 0 Å². The van der Waals surface area contributed by atoms with E-state index in [1.807, 2.05) is 19.9 Å². The van der Waals surface area contributed by atoms with E-state index in [9.17, 15) is 10.1 Å². The van der Waals surface area contributed by atoms with Crippen molar-refractivity contribution in [2.75, 3.05) is 27.4 Å². The number of ether oxygens (including phenoxy) is 4. The van der Waals surface area contributed by atoms with Crippen molar-refractivity contribution in [1.82, 2.24) is 5.32 Å². The summed E-state index contributed by atoms with van der Waals surface area (Å²) in [5.41, 5.74) is 1.34. The van der Waals surface area contributed by atoms with Gasteiger partial charge < -0.3 is 24.3 Å². The molecule has 8 heteroatoms. The molecule has 0 aromatic heterocycles. The largest absolute Gasteiger partial charge is 0.497 e. The summed E-state index contributed by atoms with van der Waals surface area (Å²) in [6.07, 6.45) is 1.50. The highest BCUT2D eigenvalue weighted by Gasteiger charge is 2.14. The Kier molecular flexibility index (Phi) is 9.22. The summed E-state index contributed by atoms with van der Waals surface area (Å²) < 4.78 is 22.4. The predicted octanol–water partition coefficient (Wildman–Crippen LogP) is 4.49. The lowest BCUT2D eigenvalue weighted by Gasteiger charge is -2.13. The Morgan fingerprint density at radius 2 is 1.74 bits per heavy atom. The zero-order valence-corrected chi connectivity index (χ0v) is 19.5. The van der Waals surface area contributed by atoms with Gasteiger partial charge in [0.2, 0.25) is 0 Å². The maximum Gasteiger partial charge on any atom is 0.262 e. The second-order valence-electron chi connectivity index (χ2n) is 6.22. The Bertz CT molecular complexity index is 998. The van der Waals surface area contributed by atoms with Crippen LogP contribution in [0.5, 0.6) is 23.0 Å². The molecular weight excluding hydrogens is 464 g/mol. The lowest BCUT2D eigenvalue weighted by Crippen LogP contribution is -2.24. The fourth-order valence-electron chi connectivity index (χ4n) is 2.77. The van der Waals surface area contributed by atoms with E-state index in [2.05, 4.69) is 21.2 Å². The third-order valence-corrected chi connectivity index (χ3v) is 4.95. The van der Waals surface area contributed by atoms with Crippen molar-refractivity contribution < 1.29 is 23.7 Å². The minimum atomic E-state index is -0.501. The first-order chi connectivity index (χ1) is 15.0. The molecule has 0 spiro atoms. The minimum Gasteiger partial charge on any atom is -0.497 e. The number of carbonyl (C=O) groups excluding carboxylic acids is 1. The summed E-state index contributed by atoms with van der Waals surface area (Å²) in [5, 5.41) is 12.3. The molecule has 0 atom stereocenters. The van der Waals surface area contributed by atoms with Gasteiger partial charge in [0.15, 0.2) is 11.5 Å². The molecule has 164 valence electrons. The standard InChI is InChI=1S/C23H25BrN2O5/c1-5-30-21-10-16(19(24)12-22(21)31-6-2)9-17(13-25)23(27)26-14-15-7-8-18(28-3)11-20(15)29-4/h7-12H,5-6,14H2,1-4H3,(H,26,27)/b17-9+. The molecule has 0 heterocycles. The molecule has 0 radical (unpaired) electrons. The zero-order valence-electron chi connectivity index (χ0n) is 18.0. The monoisotopic (exact) mass is 488 g/mol. The third-order valence-electron chi connectivity index (χ3n) is 4.26. The van der Waals surface area contributed by atoms with Crippen molar-refractivity contribution in [3.63, 3.8) is 0 Å². The van der Waals surface area contributed by atoms with Crippen molar-refractivity contribution in [3.8, 4) is 29.1 Å². The highest BCUT2D eigenvalue weighted by Crippen LogP contribution is 2.35. The summed E-state index contributed by atoms with van der Waals surface area (Å²) in [6.45, 7) is 4.89. The van der Waals surface area contributed by atoms with E-state index in [1.54, 1.807) is 44.6 Å². The van der Waals surface area contributed by atoms with E-state index >= 15 is 0 Å². The molecule has 0 saturated carbocycles. The highest BCUT2D eigenvalue weighted by molar-refractivity contribution is 9.10. The number of methoxy groups -OCH3 is 2. The molecule has 7 nitrogen and oxygen atoms in total. The number of rotatable bonds is 10. The van der Waals surface area contributed by atoms with E-state index < -0.39 is 5.91 Å². The van der Waals surface area contributed by atoms with Crippen LogP contribution in [0.2, 0.25) is 0 Å². The van der Waals surface area contributed by atoms with Gasteiger partial charge in [-0.25, -0.2) is 0 Å². The van der Waals surface area contributed by atoms with E-state index in [0.29, 0.717) is 46.2 Å². The van der Waals surface area contributed by atoms with Crippen molar-refractivity contribution in [2.24, 2.45) is 0 Å². The summed E-state index contributed by atoms with van der Waals surface area (Å²) in [7, 11) is 3.11. The van der Waals surface area contributed by atoms with Crippen LogP contribution < -0.4 is 24.3 Å². The lowest BCUT2D eigenvalue weighted by atomic mass is 10.1. The topological polar surface area (TPSA) is 89.8 Å². The number of nitrogens with zero attached hydrogens (tertiary/aromatic N) is 1. The smallest absolute Gasteiger partial charge is 0.262 e. The van der Waals surface area contributed by atoms with Gasteiger partial charge in [-0.1, -0.05) is 15.9 Å². The quantitative estimate of drug-likeness (QED) is 0.391. The number of carbonyl (C=O) groups is 1. The van der Waals surface area contributed by atoms with Crippen LogP contribution in [0.15, 0.2) is 40.4 Å². The molecule has 0 saturated heterocycles. The van der Waals surface area contributed by atoms with E-state index in [-0.39, 0.29) is 12.1 Å². The summed E-state index contributed by atoms with van der Waals surface area (Å²) in [6, 6.07) is 10.8. The summed E-state index contributed by atoms with van der Waals surface area (Å²) in [5.74, 6) is 1.86. The molecule has 2 aromatic rings. The molecular formula is C23H25BrN2O5. The maximum absolute atomic E-state index is 12.6. The molecule has 0 unspecified atom stereocenters. The van der Waals surface area contributed by atoms with Crippen LogP contribution in [0.25, 0.3) is 6.08 Å². The van der Waals surface area contributed by atoms with Gasteiger partial charge in [0.25, 0.3) is 5.91 Å². The second-order valence-corrected chi connectivity index (χ2v) is 7.07. The van der Waals surface area contributed by atoms with Crippen molar-refractivity contribution in [3.05, 3.63) is 51.5 Å². The van der Waals surface area contributed by atoms with Gasteiger partial charge in [-0.05, 0) is 49.8 Å². The molecule has 0 bridgehead atoms. The van der Waals surface area contributed by atoms with Gasteiger partial charge >= 0.3 is 0 Å². The molecule has 0 fully saturated rings. The van der Waals surface area contributed by atoms with Crippen LogP contribution in [-0.2, 0) is 11.3 Å². The lowest BCUT2D eigenvalue weighted by molar-refractivity contribution is -0.117. The van der Waals surface area contributed by atoms with Crippen LogP contribution in [-0.4, -0.2) is 33.3 Å². The number of hydrogen-bond acceptors (Lipinski definition) is 6. The van der Waals surface area contributed by atoms with E-state index in [1.165, 1.54) is 6.08 Å². The van der Waals surface area contributed by atoms with Crippen molar-refractivity contribution >= 4 is 27.9 Å². The highest BCUT2D eigenvalue weighted by atomic mass is 79.9. The average Bonchev–Trinajstić information content (AvgIpc) is 2.78. The minimum absolute atomic E-state index is 0.0419. The van der Waals surface area contributed by atoms with Crippen LogP contribution in [0.1, 0.15) is 25.0 Å². The van der Waals surface area contributed by atoms with Gasteiger partial charge in [-0.3, -0.25) is 4.79 Å². The van der Waals surface area contributed by atoms with Crippen molar-refractivity contribution in [2.45, 2.75) is 20.4 Å². The molecule has 0 aliphatic heterocycles. The van der Waals surface area contributed by atoms with Gasteiger partial charge in [0.05, 0.1) is 27.4 Å². The van der Waals surface area contributed by atoms with Crippen molar-refractivity contribution in [1.29, 1.82) is 5.26 Å². The molecule has 1 N–H and O–H groups in total. The number of nitriles is 1. The first-order valence-electron chi connectivity index (χ1n) is 9.67. The van der Waals surface area contributed by atoms with E-state index in [0.717, 1.165) is 5.56 Å². The molecule has 1 amide bonds. The fraction of sp³-hybridized carbons (Fsp3) is 0.304. The Balaban J connectivity index is 2.24. The van der Waals surface area contributed by atoms with Crippen LogP contribution in [0.4, 0.5) is 0 Å². The third kappa shape index (κ3) is 6.40. The average molecular weight is 489 g/mol. The SMILES string of the molecule is CCOc1cc(Br)c(/C=C(\C#N)C(=O)NCc2ccc(OC)cc2OC)cc1OCC. The van der Waals surface area contributed by atoms with Gasteiger partial charge in [-0.15, -0.1) is 0 Å². The number of hydrogen-bond donors (Lipinski definition) is 1. The Morgan fingerprint density at radius 3 is 2.32 bits per heavy atom. The fourth-order valence-corrected chi connectivity index (χ4v) is 3.21. The van der Waals surface area contributed by atoms with E-state index in [4.69, 9.17) is 18.9 Å². The van der Waals surface area contributed by atoms with Gasteiger partial charge in [-0.2, -0.15) is 5.26 Å². The predicted molar refractivity (Wildman–Crippen MR) is 121 cm³/mol. The molecule has 0 aliphatic carbocycles. The Morgan fingerprint density at radius 1 is 1.06 bits per heavy atom. The number of amides is 1. The molecule has 2 aromatic carbocycles.